The Labute approximate surface area is 874 Å². The predicted molar refractivity (Wildman–Crippen MR) is 597 cm³/mol. The molecule has 16 rings (SSSR count). The minimum absolute atomic E-state index is 0.367. The quantitative estimate of drug-likeness (QED) is 0.0247. The number of nitrogens with two attached hydrogens (primary N) is 8. The van der Waals surface area contributed by atoms with Crippen LogP contribution in [0.2, 0.25) is 35.2 Å². The molecule has 0 saturated heterocycles. The second-order valence-corrected chi connectivity index (χ2v) is 37.0. The average Bonchev–Trinajstić information content (AvgIpc) is 0.867. The second-order valence-electron chi connectivity index (χ2n) is 33.3. The molecule has 0 aliphatic rings. The summed E-state index contributed by atoms with van der Waals surface area (Å²) >= 11 is 46.2. The number of hydrogen-bond donors (Lipinski definition) is 8. The van der Waals surface area contributed by atoms with E-state index in [-0.39, 0.29) is 0 Å². The summed E-state index contributed by atoms with van der Waals surface area (Å²) in [6.07, 6.45) is 0.973. The molecule has 16 aromatic carbocycles. The van der Waals surface area contributed by atoms with Gasteiger partial charge in [0.15, 0.2) is 0 Å². The number of aryl methyl sites for hydroxylation is 12. The Morgan fingerprint density at radius 3 is 0.688 bits per heavy atom. The van der Waals surface area contributed by atoms with Crippen molar-refractivity contribution in [3.8, 4) is 46.0 Å². The van der Waals surface area contributed by atoms with E-state index in [4.69, 9.17) is 165 Å². The van der Waals surface area contributed by atoms with Gasteiger partial charge >= 0.3 is 0 Å². The fraction of sp³-hybridized carbons (Fsp3) is 0.179. The van der Waals surface area contributed by atoms with Crippen LogP contribution in [0.4, 0.5) is 45.5 Å². The lowest BCUT2D eigenvalue weighted by Crippen LogP contribution is -2.01. The van der Waals surface area contributed by atoms with E-state index < -0.39 is 0 Å². The molecule has 0 saturated carbocycles. The molecule has 16 N–H and O–H groups in total. The van der Waals surface area contributed by atoms with Crippen molar-refractivity contribution < 1.29 is 37.9 Å². The maximum absolute atomic E-state index is 6.15. The van der Waals surface area contributed by atoms with Crippen molar-refractivity contribution in [3.05, 3.63) is 466 Å². The molecule has 0 aliphatic carbocycles. The first-order valence-corrected chi connectivity index (χ1v) is 48.8. The fourth-order valence-corrected chi connectivity index (χ4v) is 15.6. The van der Waals surface area contributed by atoms with Gasteiger partial charge in [-0.2, -0.15) is 0 Å². The van der Waals surface area contributed by atoms with Gasteiger partial charge in [-0.25, -0.2) is 0 Å². The van der Waals surface area contributed by atoms with Crippen molar-refractivity contribution >= 4 is 143 Å². The van der Waals surface area contributed by atoms with E-state index in [1.54, 1.807) is 12.1 Å². The Bertz CT molecular complexity index is 6150. The molecular formula is C117H122BrCl7N8O8. The molecule has 0 bridgehead atoms. The van der Waals surface area contributed by atoms with Crippen LogP contribution < -0.4 is 83.8 Å². The third-order valence-corrected chi connectivity index (χ3v) is 25.0. The van der Waals surface area contributed by atoms with Gasteiger partial charge in [0.25, 0.3) is 0 Å². The summed E-state index contributed by atoms with van der Waals surface area (Å²) in [5.74, 6) is 5.90. The average molecular weight is 2100 g/mol. The van der Waals surface area contributed by atoms with Crippen LogP contribution in [0.3, 0.4) is 0 Å². The molecule has 0 radical (unpaired) electrons. The van der Waals surface area contributed by atoms with Crippen LogP contribution in [0.15, 0.2) is 320 Å². The van der Waals surface area contributed by atoms with Crippen molar-refractivity contribution in [3.63, 3.8) is 0 Å². The van der Waals surface area contributed by atoms with Gasteiger partial charge in [0.1, 0.15) is 98.9 Å². The number of benzene rings is 16. The van der Waals surface area contributed by atoms with Crippen LogP contribution in [0, 0.1) is 76.2 Å². The lowest BCUT2D eigenvalue weighted by Gasteiger charge is -2.12. The highest BCUT2D eigenvalue weighted by Crippen LogP contribution is 2.37. The number of rotatable bonds is 25. The summed E-state index contributed by atoms with van der Waals surface area (Å²) < 4.78 is 46.7. The molecule has 16 nitrogen and oxygen atoms in total. The minimum atomic E-state index is 0.367. The van der Waals surface area contributed by atoms with E-state index in [2.05, 4.69) is 41.9 Å². The molecule has 24 heteroatoms. The summed E-state index contributed by atoms with van der Waals surface area (Å²) in [5, 5.41) is 4.41. The molecule has 0 amide bonds. The number of anilines is 8. The number of hydrogen-bond acceptors (Lipinski definition) is 16. The van der Waals surface area contributed by atoms with Gasteiger partial charge in [0, 0.05) is 106 Å². The van der Waals surface area contributed by atoms with Crippen molar-refractivity contribution in [1.29, 1.82) is 0 Å². The summed E-state index contributed by atoms with van der Waals surface area (Å²) in [6, 6.07) is 100. The second kappa shape index (κ2) is 56.9. The first-order chi connectivity index (χ1) is 67.5. The van der Waals surface area contributed by atoms with Gasteiger partial charge in [-0.15, -0.1) is 0 Å². The highest BCUT2D eigenvalue weighted by atomic mass is 79.9. The summed E-state index contributed by atoms with van der Waals surface area (Å²) in [4.78, 5) is 0. The molecule has 0 aromatic heterocycles. The van der Waals surface area contributed by atoms with Crippen LogP contribution in [-0.2, 0) is 59.3 Å². The maximum atomic E-state index is 6.15. The normalized spacial score (nSPS) is 10.3. The zero-order valence-corrected chi connectivity index (χ0v) is 88.2. The Morgan fingerprint density at radius 2 is 0.397 bits per heavy atom. The van der Waals surface area contributed by atoms with Crippen LogP contribution in [0.5, 0.6) is 46.0 Å². The monoisotopic (exact) mass is 2090 g/mol. The molecule has 0 unspecified atom stereocenters. The summed E-state index contributed by atoms with van der Waals surface area (Å²) in [6.45, 7) is 27.8. The Hall–Kier alpha value is -13.2. The molecule has 0 heterocycles. The molecule has 0 aliphatic heterocycles. The van der Waals surface area contributed by atoms with E-state index in [1.165, 1.54) is 16.7 Å². The van der Waals surface area contributed by atoms with E-state index >= 15 is 0 Å². The lowest BCUT2D eigenvalue weighted by atomic mass is 10.1. The molecule has 0 spiro atoms. The minimum Gasteiger partial charge on any atom is -0.489 e. The Morgan fingerprint density at radius 1 is 0.184 bits per heavy atom. The van der Waals surface area contributed by atoms with Gasteiger partial charge in [0.05, 0.1) is 29.6 Å². The maximum Gasteiger partial charge on any atom is 0.139 e. The fourth-order valence-electron chi connectivity index (χ4n) is 13.3. The topological polar surface area (TPSA) is 282 Å². The number of halogens is 8. The van der Waals surface area contributed by atoms with Gasteiger partial charge in [-0.3, -0.25) is 0 Å². The molecule has 734 valence electrons. The van der Waals surface area contributed by atoms with E-state index in [9.17, 15) is 0 Å². The third-order valence-electron chi connectivity index (χ3n) is 22.1. The molecule has 141 heavy (non-hydrogen) atoms. The predicted octanol–water partition coefficient (Wildman–Crippen LogP) is 32.1. The standard InChI is InChI=1S/C16H19NO.3C15H16ClNO.C14H14BrNO.C14H13Cl2NO.2C14H14ClNO/c1-3-13-10-12(2)8-9-16(13)18-11-14-6-4-5-7-15(14)17;2*1-10-7-13(16)15(8-11(10)2)18-9-12-5-3-4-6-14(12)17;1-10-7-11(2)15(8-13(10)16)18-9-12-5-3-4-6-14(12)17;1-10-6-7-14(12(15)8-10)17-9-11-4-2-3-5-13(11)16;1-9-6-12(16)14(7-11(9)15)18-8-10-4-2-3-5-13(10)17;2*1-10-6-7-14(12(15)8-10)17-9-11-4-2-3-5-13(11)16/h4-10H,3,11,17H2,1-2H3;3*3-8H,9,17H2,1-2H3;2-8H,9,16H2,1H3;2-7H,8,17H2,1H3;2*2-8H,9,16H2,1H3. The summed E-state index contributed by atoms with van der Waals surface area (Å²) in [5.41, 5.74) is 74.2. The van der Waals surface area contributed by atoms with E-state index in [0.717, 1.165) is 168 Å². The lowest BCUT2D eigenvalue weighted by molar-refractivity contribution is 0.304. The molecule has 0 atom stereocenters. The van der Waals surface area contributed by atoms with Crippen molar-refractivity contribution in [2.45, 2.75) is 142 Å². The zero-order valence-electron chi connectivity index (χ0n) is 81.3. The number of para-hydroxylation sites is 8. The summed E-state index contributed by atoms with van der Waals surface area (Å²) in [7, 11) is 0. The molecule has 0 fully saturated rings. The zero-order chi connectivity index (χ0) is 102. The smallest absolute Gasteiger partial charge is 0.139 e. The third kappa shape index (κ3) is 36.5. The van der Waals surface area contributed by atoms with Gasteiger partial charge in [0.2, 0.25) is 0 Å². The molecule has 16 aromatic rings. The Kier molecular flexibility index (Phi) is 45.0. The number of nitrogen functional groups attached to an aromatic ring is 8. The van der Waals surface area contributed by atoms with Gasteiger partial charge in [-0.1, -0.05) is 276 Å². The van der Waals surface area contributed by atoms with Crippen molar-refractivity contribution in [2.75, 3.05) is 45.9 Å². The van der Waals surface area contributed by atoms with Gasteiger partial charge < -0.3 is 83.8 Å². The Balaban J connectivity index is 0.000000180. The highest BCUT2D eigenvalue weighted by Gasteiger charge is 2.15. The van der Waals surface area contributed by atoms with E-state index in [0.29, 0.717) is 117 Å². The number of ether oxygens (including phenoxy) is 8. The van der Waals surface area contributed by atoms with Crippen molar-refractivity contribution in [2.24, 2.45) is 0 Å². The molecular weight excluding hydrogens is 1970 g/mol. The van der Waals surface area contributed by atoms with Gasteiger partial charge in [-0.05, 0) is 287 Å². The van der Waals surface area contributed by atoms with Crippen LogP contribution >= 0.6 is 97.1 Å². The first kappa shape index (κ1) is 111. The SMILES string of the molecule is CCc1cc(C)ccc1OCc1ccccc1N.Cc1cc(C)c(OCc2ccccc2N)cc1Cl.Cc1cc(Cl)c(OCc2ccccc2N)cc1C.Cc1cc(Cl)c(OCc2ccccc2N)cc1C.Cc1cc(Cl)c(OCc2ccccc2N)cc1Cl.Cc1ccc(OCc2ccccc2N)c(Br)c1.Cc1ccc(OCc2ccccc2N)c(Cl)c1.Cc1ccc(OCc2ccccc2N)c(Cl)c1. The van der Waals surface area contributed by atoms with Crippen LogP contribution in [-0.4, -0.2) is 0 Å². The highest BCUT2D eigenvalue weighted by molar-refractivity contribution is 9.10. The van der Waals surface area contributed by atoms with E-state index in [1.807, 2.05) is 360 Å². The van der Waals surface area contributed by atoms with Crippen LogP contribution in [0.1, 0.15) is 118 Å². The van der Waals surface area contributed by atoms with Crippen LogP contribution in [0.25, 0.3) is 0 Å². The largest absolute Gasteiger partial charge is 0.489 e. The first-order valence-electron chi connectivity index (χ1n) is 45.3. The van der Waals surface area contributed by atoms with Crippen molar-refractivity contribution in [1.82, 2.24) is 0 Å².